The number of carbonyl (C=O) groups is 1. The molecular formula is C13H11NO4S. The zero-order chi connectivity index (χ0) is 13.9. The summed E-state index contributed by atoms with van der Waals surface area (Å²) < 4.78 is 28.3. The summed E-state index contributed by atoms with van der Waals surface area (Å²) in [7, 11) is -3.30. The molecule has 0 radical (unpaired) electrons. The summed E-state index contributed by atoms with van der Waals surface area (Å²) in [5, 5.41) is 0. The summed E-state index contributed by atoms with van der Waals surface area (Å²) in [5.41, 5.74) is 0.298. The van der Waals surface area contributed by atoms with Gasteiger partial charge in [-0.25, -0.2) is 13.4 Å². The van der Waals surface area contributed by atoms with E-state index in [-0.39, 0.29) is 10.8 Å². The van der Waals surface area contributed by atoms with Crippen molar-refractivity contribution >= 4 is 16.1 Å². The molecule has 0 atom stereocenters. The van der Waals surface area contributed by atoms with Crippen molar-refractivity contribution in [2.75, 3.05) is 6.26 Å². The molecule has 2 rings (SSSR count). The van der Waals surface area contributed by atoms with Crippen LogP contribution in [0.4, 0.5) is 0 Å². The highest BCUT2D eigenvalue weighted by molar-refractivity contribution is 7.90. The Hall–Kier alpha value is -2.21. The van der Waals surface area contributed by atoms with Crippen LogP contribution in [0.2, 0.25) is 0 Å². The molecule has 6 heteroatoms. The van der Waals surface area contributed by atoms with E-state index in [1.807, 2.05) is 0 Å². The van der Waals surface area contributed by atoms with Gasteiger partial charge in [0.15, 0.2) is 16.1 Å². The fourth-order valence-corrected chi connectivity index (χ4v) is 2.11. The summed E-state index contributed by atoms with van der Waals surface area (Å²) in [6, 6.07) is 9.20. The molecule has 0 saturated carbocycles. The molecule has 5 nitrogen and oxygen atoms in total. The largest absolute Gasteiger partial charge is 0.438 e. The van der Waals surface area contributed by atoms with Crippen LogP contribution in [0.15, 0.2) is 47.5 Å². The molecule has 98 valence electrons. The van der Waals surface area contributed by atoms with Crippen molar-refractivity contribution in [1.29, 1.82) is 0 Å². The predicted octanol–water partition coefficient (Wildman–Crippen LogP) is 2.09. The number of aromatic nitrogens is 1. The average molecular weight is 277 g/mol. The zero-order valence-corrected chi connectivity index (χ0v) is 10.9. The van der Waals surface area contributed by atoms with Gasteiger partial charge < -0.3 is 4.74 Å². The first kappa shape index (κ1) is 13.2. The fourth-order valence-electron chi connectivity index (χ4n) is 1.46. The lowest BCUT2D eigenvalue weighted by molar-refractivity contribution is 0.112. The molecule has 2 aromatic rings. The molecule has 0 amide bonds. The molecule has 0 saturated heterocycles. The van der Waals surface area contributed by atoms with Gasteiger partial charge in [-0.1, -0.05) is 6.07 Å². The Kier molecular flexibility index (Phi) is 3.62. The predicted molar refractivity (Wildman–Crippen MR) is 69.3 cm³/mol. The molecule has 0 N–H and O–H groups in total. The summed E-state index contributed by atoms with van der Waals surface area (Å²) in [6.07, 6.45) is 3.23. The van der Waals surface area contributed by atoms with Gasteiger partial charge in [-0.05, 0) is 30.3 Å². The highest BCUT2D eigenvalue weighted by atomic mass is 32.2. The summed E-state index contributed by atoms with van der Waals surface area (Å²) >= 11 is 0. The summed E-state index contributed by atoms with van der Waals surface area (Å²) in [4.78, 5) is 14.9. The Labute approximate surface area is 110 Å². The number of benzene rings is 1. The zero-order valence-electron chi connectivity index (χ0n) is 10.1. The standard InChI is InChI=1S/C13H11NO4S/c1-19(16,17)12-6-2-5-11(8-12)18-13-10(9-15)4-3-7-14-13/h2-9H,1H3. The number of hydrogen-bond donors (Lipinski definition) is 0. The number of ether oxygens (including phenoxy) is 1. The first-order valence-corrected chi connectivity index (χ1v) is 7.28. The van der Waals surface area contributed by atoms with Gasteiger partial charge in [-0.15, -0.1) is 0 Å². The molecule has 0 aliphatic rings. The van der Waals surface area contributed by atoms with Crippen LogP contribution in [0.1, 0.15) is 10.4 Å². The van der Waals surface area contributed by atoms with E-state index in [1.165, 1.54) is 18.3 Å². The van der Waals surface area contributed by atoms with Gasteiger partial charge in [0, 0.05) is 12.5 Å². The molecule has 0 aliphatic carbocycles. The lowest BCUT2D eigenvalue weighted by Gasteiger charge is -2.07. The van der Waals surface area contributed by atoms with E-state index in [0.717, 1.165) is 6.26 Å². The summed E-state index contributed by atoms with van der Waals surface area (Å²) in [6.45, 7) is 0. The van der Waals surface area contributed by atoms with Crippen LogP contribution in [-0.2, 0) is 9.84 Å². The van der Waals surface area contributed by atoms with Crippen molar-refractivity contribution in [1.82, 2.24) is 4.98 Å². The van der Waals surface area contributed by atoms with Gasteiger partial charge in [0.1, 0.15) is 5.75 Å². The van der Waals surface area contributed by atoms with Gasteiger partial charge in [0.25, 0.3) is 0 Å². The third-order valence-electron chi connectivity index (χ3n) is 2.38. The maximum atomic E-state index is 11.4. The Morgan fingerprint density at radius 1 is 1.21 bits per heavy atom. The molecule has 1 aromatic heterocycles. The monoisotopic (exact) mass is 277 g/mol. The van der Waals surface area contributed by atoms with Crippen molar-refractivity contribution in [3.8, 4) is 11.6 Å². The minimum Gasteiger partial charge on any atom is -0.438 e. The molecule has 0 unspecified atom stereocenters. The van der Waals surface area contributed by atoms with Gasteiger partial charge in [0.2, 0.25) is 5.88 Å². The number of sulfone groups is 1. The van der Waals surface area contributed by atoms with Gasteiger partial charge in [-0.3, -0.25) is 4.79 Å². The van der Waals surface area contributed by atoms with Crippen LogP contribution in [-0.4, -0.2) is 25.9 Å². The Bertz CT molecular complexity index is 710. The van der Waals surface area contributed by atoms with Gasteiger partial charge in [-0.2, -0.15) is 0 Å². The first-order valence-electron chi connectivity index (χ1n) is 5.39. The van der Waals surface area contributed by atoms with E-state index in [9.17, 15) is 13.2 Å². The highest BCUT2D eigenvalue weighted by Gasteiger charge is 2.10. The lowest BCUT2D eigenvalue weighted by Crippen LogP contribution is -1.98. The number of aldehydes is 1. The quantitative estimate of drug-likeness (QED) is 0.800. The van der Waals surface area contributed by atoms with Crippen LogP contribution in [0, 0.1) is 0 Å². The van der Waals surface area contributed by atoms with Crippen molar-refractivity contribution in [3.63, 3.8) is 0 Å². The molecule has 19 heavy (non-hydrogen) atoms. The average Bonchev–Trinajstić information content (AvgIpc) is 2.39. The van der Waals surface area contributed by atoms with Gasteiger partial charge in [0.05, 0.1) is 10.5 Å². The molecule has 0 bridgehead atoms. The molecule has 0 fully saturated rings. The van der Waals surface area contributed by atoms with Crippen LogP contribution in [0.5, 0.6) is 11.6 Å². The van der Waals surface area contributed by atoms with Gasteiger partial charge >= 0.3 is 0 Å². The minimum absolute atomic E-state index is 0.142. The second-order valence-corrected chi connectivity index (χ2v) is 5.88. The molecule has 1 aromatic carbocycles. The Morgan fingerprint density at radius 2 is 2.00 bits per heavy atom. The van der Waals surface area contributed by atoms with E-state index >= 15 is 0 Å². The fraction of sp³-hybridized carbons (Fsp3) is 0.0769. The second kappa shape index (κ2) is 5.19. The van der Waals surface area contributed by atoms with Crippen molar-refractivity contribution < 1.29 is 17.9 Å². The Morgan fingerprint density at radius 3 is 2.68 bits per heavy atom. The SMILES string of the molecule is CS(=O)(=O)c1cccc(Oc2ncccc2C=O)c1. The molecular weight excluding hydrogens is 266 g/mol. The van der Waals surface area contributed by atoms with Crippen molar-refractivity contribution in [2.45, 2.75) is 4.90 Å². The number of rotatable bonds is 4. The van der Waals surface area contributed by atoms with Crippen molar-refractivity contribution in [2.24, 2.45) is 0 Å². The van der Waals surface area contributed by atoms with E-state index in [2.05, 4.69) is 4.98 Å². The molecule has 0 spiro atoms. The minimum atomic E-state index is -3.30. The smallest absolute Gasteiger partial charge is 0.229 e. The Balaban J connectivity index is 2.37. The maximum absolute atomic E-state index is 11.4. The number of carbonyl (C=O) groups excluding carboxylic acids is 1. The van der Waals surface area contributed by atoms with Crippen LogP contribution in [0.3, 0.4) is 0 Å². The van der Waals surface area contributed by atoms with Crippen molar-refractivity contribution in [3.05, 3.63) is 48.2 Å². The summed E-state index contributed by atoms with van der Waals surface area (Å²) in [5.74, 6) is 0.452. The van der Waals surface area contributed by atoms with E-state index in [4.69, 9.17) is 4.74 Å². The van der Waals surface area contributed by atoms with Crippen LogP contribution >= 0.6 is 0 Å². The first-order chi connectivity index (χ1) is 9.00. The highest BCUT2D eigenvalue weighted by Crippen LogP contribution is 2.24. The lowest BCUT2D eigenvalue weighted by atomic mass is 10.3. The van der Waals surface area contributed by atoms with Crippen LogP contribution in [0.25, 0.3) is 0 Å². The number of pyridine rings is 1. The molecule has 0 aliphatic heterocycles. The maximum Gasteiger partial charge on any atom is 0.229 e. The normalized spacial score (nSPS) is 11.0. The number of nitrogens with zero attached hydrogens (tertiary/aromatic N) is 1. The van der Waals surface area contributed by atoms with E-state index in [1.54, 1.807) is 24.3 Å². The topological polar surface area (TPSA) is 73.3 Å². The van der Waals surface area contributed by atoms with E-state index < -0.39 is 9.84 Å². The number of hydrogen-bond acceptors (Lipinski definition) is 5. The third kappa shape index (κ3) is 3.17. The third-order valence-corrected chi connectivity index (χ3v) is 3.49. The van der Waals surface area contributed by atoms with E-state index in [0.29, 0.717) is 17.6 Å². The van der Waals surface area contributed by atoms with Crippen LogP contribution < -0.4 is 4.74 Å². The second-order valence-electron chi connectivity index (χ2n) is 3.86. The molecule has 1 heterocycles.